The zero-order chi connectivity index (χ0) is 19.6. The molecule has 0 aliphatic heterocycles. The van der Waals surface area contributed by atoms with E-state index in [1.807, 2.05) is 6.08 Å². The molecular formula is C17H17BrClFN4O3. The third kappa shape index (κ3) is 4.16. The van der Waals surface area contributed by atoms with Crippen LogP contribution < -0.4 is 10.8 Å². The Morgan fingerprint density at radius 2 is 2.37 bits per heavy atom. The second kappa shape index (κ2) is 7.97. The van der Waals surface area contributed by atoms with Crippen LogP contribution in [0.3, 0.4) is 0 Å². The van der Waals surface area contributed by atoms with Crippen LogP contribution >= 0.6 is 27.5 Å². The molecule has 1 atom stereocenters. The zero-order valence-corrected chi connectivity index (χ0v) is 16.6. The summed E-state index contributed by atoms with van der Waals surface area (Å²) in [6.07, 6.45) is 7.07. The maximum Gasteiger partial charge on any atom is 0.277 e. The minimum Gasteiger partial charge on any atom is -0.394 e. The molecule has 7 nitrogen and oxygen atoms in total. The number of fused-ring (bicyclic) bond motifs is 1. The molecule has 3 rings (SSSR count). The fourth-order valence-electron chi connectivity index (χ4n) is 2.64. The molecule has 1 aromatic heterocycles. The number of hydroxylamine groups is 1. The van der Waals surface area contributed by atoms with Gasteiger partial charge < -0.3 is 15.0 Å². The number of aryl methyl sites for hydroxylation is 1. The van der Waals surface area contributed by atoms with Gasteiger partial charge in [0.25, 0.3) is 5.91 Å². The molecule has 0 saturated heterocycles. The predicted molar refractivity (Wildman–Crippen MR) is 104 cm³/mol. The second-order valence-electron chi connectivity index (χ2n) is 5.95. The first-order chi connectivity index (χ1) is 12.8. The van der Waals surface area contributed by atoms with Crippen LogP contribution in [0.4, 0.5) is 10.1 Å². The largest absolute Gasteiger partial charge is 0.394 e. The van der Waals surface area contributed by atoms with Gasteiger partial charge in [-0.15, -0.1) is 0 Å². The number of carbonyl (C=O) groups excluding carboxylic acids is 1. The number of benzene rings is 1. The molecule has 1 aromatic carbocycles. The van der Waals surface area contributed by atoms with Crippen LogP contribution in [0.15, 0.2) is 35.1 Å². The molecule has 1 amide bonds. The van der Waals surface area contributed by atoms with Crippen molar-refractivity contribution in [1.29, 1.82) is 0 Å². The Morgan fingerprint density at radius 1 is 1.59 bits per heavy atom. The molecular weight excluding hydrogens is 443 g/mol. The van der Waals surface area contributed by atoms with E-state index in [9.17, 15) is 4.79 Å². The van der Waals surface area contributed by atoms with Crippen molar-refractivity contribution in [1.82, 2.24) is 15.0 Å². The number of aliphatic hydroxyl groups is 1. The topological polar surface area (TPSA) is 88.4 Å². The minimum absolute atomic E-state index is 0.00332. The predicted octanol–water partition coefficient (Wildman–Crippen LogP) is 2.95. The lowest BCUT2D eigenvalue weighted by molar-refractivity contribution is 0.0169. The number of hydrogen-bond acceptors (Lipinski definition) is 5. The molecule has 10 heteroatoms. The highest BCUT2D eigenvalue weighted by atomic mass is 79.9. The molecule has 0 radical (unpaired) electrons. The molecule has 0 saturated carbocycles. The highest BCUT2D eigenvalue weighted by Crippen LogP contribution is 2.35. The molecule has 1 aliphatic rings. The normalized spacial score (nSPS) is 19.2. The van der Waals surface area contributed by atoms with Gasteiger partial charge in [0.2, 0.25) is 0 Å². The molecule has 1 aliphatic carbocycles. The molecule has 0 spiro atoms. The van der Waals surface area contributed by atoms with E-state index in [4.69, 9.17) is 21.5 Å². The van der Waals surface area contributed by atoms with Gasteiger partial charge in [-0.05, 0) is 18.2 Å². The van der Waals surface area contributed by atoms with Crippen molar-refractivity contribution in [3.63, 3.8) is 0 Å². The van der Waals surface area contributed by atoms with Gasteiger partial charge in [0.1, 0.15) is 10.5 Å². The summed E-state index contributed by atoms with van der Waals surface area (Å²) in [5.74, 6) is -1.37. The van der Waals surface area contributed by atoms with Crippen LogP contribution in [0.25, 0.3) is 11.0 Å². The number of halogens is 3. The second-order valence-corrected chi connectivity index (χ2v) is 7.54. The summed E-state index contributed by atoms with van der Waals surface area (Å²) in [6.45, 7) is -0.358. The van der Waals surface area contributed by atoms with E-state index >= 15 is 4.39 Å². The summed E-state index contributed by atoms with van der Waals surface area (Å²) >= 11 is 9.90. The van der Waals surface area contributed by atoms with Crippen molar-refractivity contribution in [2.75, 3.05) is 18.5 Å². The Hall–Kier alpha value is -1.94. The zero-order valence-electron chi connectivity index (χ0n) is 14.3. The summed E-state index contributed by atoms with van der Waals surface area (Å²) in [5.41, 5.74) is 2.66. The van der Waals surface area contributed by atoms with E-state index in [-0.39, 0.29) is 30.0 Å². The number of hydrogen-bond donors (Lipinski definition) is 3. The highest BCUT2D eigenvalue weighted by molar-refractivity contribution is 9.11. The van der Waals surface area contributed by atoms with E-state index < -0.39 is 16.7 Å². The smallest absolute Gasteiger partial charge is 0.277 e. The maximum absolute atomic E-state index is 15.2. The standard InChI is InChI=1S/C17H17BrClFN4O3/c1-24-9-21-15-12(24)8-11(16(26)23-27-7-6-25)14(13(15)20)22-17(19)4-2-10(18)3-5-17/h2-4,8-9,22,25H,5-7H2,1H3,(H,23,26). The Labute approximate surface area is 167 Å². The lowest BCUT2D eigenvalue weighted by Crippen LogP contribution is -2.33. The van der Waals surface area contributed by atoms with Gasteiger partial charge in [-0.2, -0.15) is 0 Å². The first-order valence-electron chi connectivity index (χ1n) is 8.03. The quantitative estimate of drug-likeness (QED) is 0.268. The number of alkyl halides is 1. The first kappa shape index (κ1) is 19.8. The van der Waals surface area contributed by atoms with E-state index in [0.717, 1.165) is 4.48 Å². The number of carbonyl (C=O) groups is 1. The Kier molecular flexibility index (Phi) is 5.85. The number of nitrogens with zero attached hydrogens (tertiary/aromatic N) is 2. The number of amides is 1. The fourth-order valence-corrected chi connectivity index (χ4v) is 3.17. The molecule has 27 heavy (non-hydrogen) atoms. The fraction of sp³-hybridized carbons (Fsp3) is 0.294. The van der Waals surface area contributed by atoms with Gasteiger partial charge in [0, 0.05) is 18.0 Å². The number of imidazole rings is 1. The summed E-state index contributed by atoms with van der Waals surface area (Å²) < 4.78 is 17.6. The highest BCUT2D eigenvalue weighted by Gasteiger charge is 2.30. The van der Waals surface area contributed by atoms with Crippen molar-refractivity contribution in [2.24, 2.45) is 7.05 Å². The van der Waals surface area contributed by atoms with E-state index in [0.29, 0.717) is 11.9 Å². The van der Waals surface area contributed by atoms with Crippen molar-refractivity contribution in [3.05, 3.63) is 46.5 Å². The van der Waals surface area contributed by atoms with Gasteiger partial charge >= 0.3 is 0 Å². The van der Waals surface area contributed by atoms with E-state index in [1.54, 1.807) is 23.8 Å². The summed E-state index contributed by atoms with van der Waals surface area (Å²) in [5, 5.41) is 11.7. The SMILES string of the molecule is Cn1cnc2c(F)c(NC3(Cl)C=CC(Br)=CC3)c(C(=O)NOCCO)cc21. The number of rotatable bonds is 6. The molecule has 0 bridgehead atoms. The van der Waals surface area contributed by atoms with Gasteiger partial charge in [0.05, 0.1) is 36.3 Å². The molecule has 1 unspecified atom stereocenters. The molecule has 1 heterocycles. The van der Waals surface area contributed by atoms with Crippen LogP contribution in [0.1, 0.15) is 16.8 Å². The summed E-state index contributed by atoms with van der Waals surface area (Å²) in [4.78, 5) is 20.3. The van der Waals surface area contributed by atoms with Gasteiger partial charge in [-0.3, -0.25) is 9.63 Å². The van der Waals surface area contributed by atoms with Crippen molar-refractivity contribution in [2.45, 2.75) is 11.4 Å². The van der Waals surface area contributed by atoms with Crippen LogP contribution in [0.5, 0.6) is 0 Å². The minimum atomic E-state index is -1.11. The molecule has 3 N–H and O–H groups in total. The first-order valence-corrected chi connectivity index (χ1v) is 9.20. The number of nitrogens with one attached hydrogen (secondary N) is 2. The van der Waals surface area contributed by atoms with E-state index in [1.165, 1.54) is 12.4 Å². The lowest BCUT2D eigenvalue weighted by Gasteiger charge is -2.28. The summed E-state index contributed by atoms with van der Waals surface area (Å²) in [7, 11) is 1.70. The van der Waals surface area contributed by atoms with Gasteiger partial charge in [0.15, 0.2) is 5.82 Å². The van der Waals surface area contributed by atoms with Crippen LogP contribution in [0.2, 0.25) is 0 Å². The average molecular weight is 460 g/mol. The van der Waals surface area contributed by atoms with Gasteiger partial charge in [-0.1, -0.05) is 33.6 Å². The monoisotopic (exact) mass is 458 g/mol. The Balaban J connectivity index is 2.03. The third-order valence-corrected chi connectivity index (χ3v) is 4.96. The average Bonchev–Trinajstić information content (AvgIpc) is 3.01. The molecule has 0 fully saturated rings. The number of aliphatic hydroxyl groups excluding tert-OH is 1. The van der Waals surface area contributed by atoms with E-state index in [2.05, 4.69) is 31.7 Å². The van der Waals surface area contributed by atoms with Crippen LogP contribution in [-0.2, 0) is 11.9 Å². The van der Waals surface area contributed by atoms with Crippen molar-refractivity contribution >= 4 is 50.2 Å². The Morgan fingerprint density at radius 3 is 3.04 bits per heavy atom. The summed E-state index contributed by atoms with van der Waals surface area (Å²) in [6, 6.07) is 1.50. The van der Waals surface area contributed by atoms with Gasteiger partial charge in [-0.25, -0.2) is 14.9 Å². The molecule has 2 aromatic rings. The van der Waals surface area contributed by atoms with Crippen LogP contribution in [-0.4, -0.2) is 38.8 Å². The van der Waals surface area contributed by atoms with Crippen molar-refractivity contribution in [3.8, 4) is 0 Å². The third-order valence-electron chi connectivity index (χ3n) is 4.00. The lowest BCUT2D eigenvalue weighted by atomic mass is 10.0. The Bertz CT molecular complexity index is 946. The molecule has 144 valence electrons. The number of allylic oxidation sites excluding steroid dienone is 2. The van der Waals surface area contributed by atoms with Crippen LogP contribution in [0, 0.1) is 5.82 Å². The number of anilines is 1. The number of aromatic nitrogens is 2. The van der Waals surface area contributed by atoms with Crippen molar-refractivity contribution < 1.29 is 19.1 Å². The maximum atomic E-state index is 15.2.